The molecule has 0 aromatic carbocycles. The Morgan fingerprint density at radius 1 is 1.15 bits per heavy atom. The van der Waals surface area contributed by atoms with Crippen LogP contribution in [0.5, 0.6) is 0 Å². The van der Waals surface area contributed by atoms with Crippen molar-refractivity contribution in [3.63, 3.8) is 0 Å². The van der Waals surface area contributed by atoms with Crippen LogP contribution in [0.15, 0.2) is 22.8 Å². The molecule has 33 heavy (non-hydrogen) atoms. The van der Waals surface area contributed by atoms with E-state index in [-0.39, 0.29) is 23.0 Å². The van der Waals surface area contributed by atoms with Gasteiger partial charge in [-0.25, -0.2) is 0 Å². The maximum Gasteiger partial charge on any atom is 0.148 e. The van der Waals surface area contributed by atoms with E-state index in [2.05, 4.69) is 26.8 Å². The Labute approximate surface area is 200 Å². The Balaban J connectivity index is 1.36. The second-order valence-corrected chi connectivity index (χ2v) is 13.3. The molecule has 0 aromatic rings. The molecule has 0 aromatic heterocycles. The fourth-order valence-electron chi connectivity index (χ4n) is 9.08. The molecule has 186 valence electrons. The van der Waals surface area contributed by atoms with Crippen LogP contribution in [0.25, 0.3) is 0 Å². The molecular weight excluding hydrogens is 412 g/mol. The lowest BCUT2D eigenvalue weighted by molar-refractivity contribution is -0.0774. The fraction of sp³-hybridized carbons (Fsp3) is 0.862. The third-order valence-corrected chi connectivity index (χ3v) is 11.1. The number of fused-ring (bicyclic) bond motifs is 4. The highest BCUT2D eigenvalue weighted by molar-refractivity contribution is 5.49. The van der Waals surface area contributed by atoms with E-state index < -0.39 is 17.3 Å². The van der Waals surface area contributed by atoms with Crippen LogP contribution in [0.4, 0.5) is 0 Å². The molecule has 1 saturated heterocycles. The largest absolute Gasteiger partial charge is 0.393 e. The summed E-state index contributed by atoms with van der Waals surface area (Å²) in [5.74, 6) is 1.51. The lowest BCUT2D eigenvalue weighted by atomic mass is 9.51. The summed E-state index contributed by atoms with van der Waals surface area (Å²) < 4.78 is 5.83. The summed E-state index contributed by atoms with van der Waals surface area (Å²) in [6, 6.07) is 0. The smallest absolute Gasteiger partial charge is 0.148 e. The molecule has 2 fully saturated rings. The van der Waals surface area contributed by atoms with Crippen LogP contribution in [0, 0.1) is 28.6 Å². The number of hydrogen-bond acceptors (Lipinski definition) is 4. The number of allylic oxidation sites excluding steroid dienone is 4. The van der Waals surface area contributed by atoms with Crippen molar-refractivity contribution in [1.82, 2.24) is 0 Å². The highest BCUT2D eigenvalue weighted by Gasteiger charge is 2.67. The zero-order valence-corrected chi connectivity index (χ0v) is 21.7. The normalized spacial score (nSPS) is 46.8. The predicted molar refractivity (Wildman–Crippen MR) is 131 cm³/mol. The van der Waals surface area contributed by atoms with Gasteiger partial charge < -0.3 is 20.1 Å². The van der Waals surface area contributed by atoms with Gasteiger partial charge in [0.2, 0.25) is 0 Å². The summed E-state index contributed by atoms with van der Waals surface area (Å²) in [5.41, 5.74) is 3.53. The molecular formula is C29H46O4. The molecule has 4 heteroatoms. The maximum absolute atomic E-state index is 11.2. The summed E-state index contributed by atoms with van der Waals surface area (Å²) >= 11 is 0. The molecule has 4 nitrogen and oxygen atoms in total. The Kier molecular flexibility index (Phi) is 5.58. The van der Waals surface area contributed by atoms with Crippen molar-refractivity contribution < 1.29 is 20.1 Å². The second-order valence-electron chi connectivity index (χ2n) is 13.3. The van der Waals surface area contributed by atoms with Gasteiger partial charge in [0, 0.05) is 0 Å². The van der Waals surface area contributed by atoms with Crippen molar-refractivity contribution in [3.05, 3.63) is 22.8 Å². The molecule has 1 saturated carbocycles. The molecule has 5 rings (SSSR count). The second kappa shape index (κ2) is 7.66. The molecule has 0 radical (unpaired) electrons. The van der Waals surface area contributed by atoms with Crippen LogP contribution < -0.4 is 0 Å². The van der Waals surface area contributed by atoms with Gasteiger partial charge >= 0.3 is 0 Å². The highest BCUT2D eigenvalue weighted by Crippen LogP contribution is 2.64. The van der Waals surface area contributed by atoms with E-state index in [9.17, 15) is 15.3 Å². The van der Waals surface area contributed by atoms with Gasteiger partial charge in [-0.3, -0.25) is 0 Å². The van der Waals surface area contributed by atoms with Crippen molar-refractivity contribution in [2.45, 2.75) is 129 Å². The molecule has 2 unspecified atom stereocenters. The SMILES string of the molecule is CC1O[C@@]1(C(O)C[C@@H](C)[C@H]1CC=C2C3=C(CC[C@@]21C)[C@@]1(C)CC[C@H](O)C[C@@H]1CC3)C(C)(C)O. The molecule has 0 bridgehead atoms. The molecule has 9 atom stereocenters. The topological polar surface area (TPSA) is 73.2 Å². The number of ether oxygens (including phenoxy) is 1. The van der Waals surface area contributed by atoms with E-state index >= 15 is 0 Å². The monoisotopic (exact) mass is 458 g/mol. The number of rotatable bonds is 5. The summed E-state index contributed by atoms with van der Waals surface area (Å²) in [6.45, 7) is 12.7. The summed E-state index contributed by atoms with van der Waals surface area (Å²) in [4.78, 5) is 0. The highest BCUT2D eigenvalue weighted by atomic mass is 16.6. The number of epoxide rings is 1. The van der Waals surface area contributed by atoms with Crippen LogP contribution >= 0.6 is 0 Å². The van der Waals surface area contributed by atoms with Crippen LogP contribution in [0.1, 0.15) is 99.3 Å². The zero-order valence-electron chi connectivity index (χ0n) is 21.7. The quantitative estimate of drug-likeness (QED) is 0.489. The van der Waals surface area contributed by atoms with Crippen molar-refractivity contribution >= 4 is 0 Å². The molecule has 1 aliphatic heterocycles. The average Bonchev–Trinajstić information content (AvgIpc) is 3.30. The predicted octanol–water partition coefficient (Wildman–Crippen LogP) is 5.31. The van der Waals surface area contributed by atoms with E-state index in [0.717, 1.165) is 25.7 Å². The molecule has 4 aliphatic carbocycles. The van der Waals surface area contributed by atoms with Crippen molar-refractivity contribution in [2.75, 3.05) is 0 Å². The Hall–Kier alpha value is -0.680. The van der Waals surface area contributed by atoms with Crippen molar-refractivity contribution in [3.8, 4) is 0 Å². The first kappa shape index (κ1) is 24.0. The average molecular weight is 459 g/mol. The number of aliphatic hydroxyl groups is 3. The minimum atomic E-state index is -1.05. The summed E-state index contributed by atoms with van der Waals surface area (Å²) in [7, 11) is 0. The molecule has 0 spiro atoms. The summed E-state index contributed by atoms with van der Waals surface area (Å²) in [6.07, 6.45) is 11.2. The van der Waals surface area contributed by atoms with Gasteiger partial charge in [0.1, 0.15) is 5.60 Å². The van der Waals surface area contributed by atoms with Crippen LogP contribution in [0.2, 0.25) is 0 Å². The van der Waals surface area contributed by atoms with E-state index in [1.807, 2.05) is 6.92 Å². The van der Waals surface area contributed by atoms with E-state index in [1.165, 1.54) is 25.7 Å². The van der Waals surface area contributed by atoms with Crippen LogP contribution in [-0.4, -0.2) is 44.8 Å². The Morgan fingerprint density at radius 2 is 1.85 bits per heavy atom. The molecule has 5 aliphatic rings. The first-order valence-electron chi connectivity index (χ1n) is 13.5. The van der Waals surface area contributed by atoms with Gasteiger partial charge in [0.25, 0.3) is 0 Å². The fourth-order valence-corrected chi connectivity index (χ4v) is 9.08. The number of aliphatic hydroxyl groups excluding tert-OH is 2. The minimum absolute atomic E-state index is 0.105. The van der Waals surface area contributed by atoms with Gasteiger partial charge in [-0.1, -0.05) is 32.4 Å². The van der Waals surface area contributed by atoms with Crippen LogP contribution in [-0.2, 0) is 4.74 Å². The number of hydrogen-bond donors (Lipinski definition) is 3. The Bertz CT molecular complexity index is 867. The van der Waals surface area contributed by atoms with Crippen molar-refractivity contribution in [1.29, 1.82) is 0 Å². The first-order chi connectivity index (χ1) is 15.3. The van der Waals surface area contributed by atoms with Gasteiger partial charge in [-0.15, -0.1) is 0 Å². The van der Waals surface area contributed by atoms with E-state index in [4.69, 9.17) is 4.74 Å². The van der Waals surface area contributed by atoms with E-state index in [0.29, 0.717) is 24.2 Å². The zero-order chi connectivity index (χ0) is 24.0. The molecule has 3 N–H and O–H groups in total. The van der Waals surface area contributed by atoms with Gasteiger partial charge in [0.15, 0.2) is 0 Å². The Morgan fingerprint density at radius 3 is 2.48 bits per heavy atom. The molecule has 0 amide bonds. The van der Waals surface area contributed by atoms with Gasteiger partial charge in [0.05, 0.1) is 23.9 Å². The van der Waals surface area contributed by atoms with Gasteiger partial charge in [-0.05, 0) is 118 Å². The maximum atomic E-state index is 11.2. The minimum Gasteiger partial charge on any atom is -0.393 e. The van der Waals surface area contributed by atoms with Crippen molar-refractivity contribution in [2.24, 2.45) is 28.6 Å². The standard InChI is InChI=1S/C29H46O4/c1-17(15-25(31)29(18(2)33-29)26(3,4)32)22-9-10-23-21-8-7-19-16-20(30)11-13-27(19,5)24(21)12-14-28(22,23)6/h10,17-20,22,25,30-32H,7-9,11-16H2,1-6H3/t17-,18?,19+,20+,22-,25?,27+,28-,29+/m1/s1. The van der Waals surface area contributed by atoms with Crippen LogP contribution in [0.3, 0.4) is 0 Å². The summed E-state index contributed by atoms with van der Waals surface area (Å²) in [5, 5.41) is 32.2. The third-order valence-electron chi connectivity index (χ3n) is 11.1. The van der Waals surface area contributed by atoms with E-state index in [1.54, 1.807) is 30.6 Å². The first-order valence-corrected chi connectivity index (χ1v) is 13.5. The van der Waals surface area contributed by atoms with Gasteiger partial charge in [-0.2, -0.15) is 0 Å². The lowest BCUT2D eigenvalue weighted by Gasteiger charge is -2.54. The molecule has 1 heterocycles. The lowest BCUT2D eigenvalue weighted by Crippen LogP contribution is -2.51. The third kappa shape index (κ3) is 3.37.